The van der Waals surface area contributed by atoms with Gasteiger partial charge in [-0.25, -0.2) is 0 Å². The number of hydrogen-bond acceptors (Lipinski definition) is 4. The Labute approximate surface area is 55.7 Å². The van der Waals surface area contributed by atoms with Crippen LogP contribution in [-0.4, -0.2) is 11.9 Å². The van der Waals surface area contributed by atoms with Gasteiger partial charge in [0.05, 0.1) is 11.9 Å². The Morgan fingerprint density at radius 1 is 1.00 bits per heavy atom. The fourth-order valence-electron chi connectivity index (χ4n) is 0. The predicted molar refractivity (Wildman–Crippen MR) is 16.0 cm³/mol. The topological polar surface area (TPSA) is 117 Å². The van der Waals surface area contributed by atoms with Crippen molar-refractivity contribution >= 4 is 11.9 Å². The van der Waals surface area contributed by atoms with Crippen LogP contribution in [-0.2, 0) is 26.7 Å². The van der Waals surface area contributed by atoms with Gasteiger partial charge >= 0.3 is 17.1 Å². The molecule has 0 spiro atoms. The van der Waals surface area contributed by atoms with Crippen molar-refractivity contribution in [1.29, 1.82) is 0 Å². The van der Waals surface area contributed by atoms with E-state index in [9.17, 15) is 0 Å². The number of carbonyl (C=O) groups excluding carboxylic acids is 2. The third kappa shape index (κ3) is 9.05. The fraction of sp³-hybridized carbons (Fsp3) is 0. The maximum absolute atomic E-state index is 8.93. The van der Waals surface area contributed by atoms with Crippen molar-refractivity contribution in [2.45, 2.75) is 0 Å². The van der Waals surface area contributed by atoms with Gasteiger partial charge in [-0.1, -0.05) is 0 Å². The van der Waals surface area contributed by atoms with Gasteiger partial charge in [0.15, 0.2) is 0 Å². The molecule has 0 aliphatic rings. The molecule has 0 amide bonds. The van der Waals surface area contributed by atoms with Crippen molar-refractivity contribution in [2.24, 2.45) is 0 Å². The first kappa shape index (κ1) is 15.7. The first-order chi connectivity index (χ1) is 2.64. The molecule has 4 N–H and O–H groups in total. The van der Waals surface area contributed by atoms with E-state index in [2.05, 4.69) is 0 Å². The molecule has 0 aromatic carbocycles. The van der Waals surface area contributed by atoms with Crippen LogP contribution >= 0.6 is 0 Å². The van der Waals surface area contributed by atoms with E-state index in [1.165, 1.54) is 0 Å². The van der Waals surface area contributed by atoms with Crippen LogP contribution in [0.25, 0.3) is 0 Å². The van der Waals surface area contributed by atoms with Crippen molar-refractivity contribution in [1.82, 2.24) is 6.15 Å². The molecule has 0 atom stereocenters. The van der Waals surface area contributed by atoms with Crippen molar-refractivity contribution in [3.63, 3.8) is 0 Å². The Hall–Kier alpha value is -0.581. The van der Waals surface area contributed by atoms with Gasteiger partial charge in [-0.2, -0.15) is 0 Å². The molecule has 0 aliphatic heterocycles. The summed E-state index contributed by atoms with van der Waals surface area (Å²) >= 11 is 0. The molecule has 0 aromatic rings. The minimum absolute atomic E-state index is 0. The third-order valence-electron chi connectivity index (χ3n) is 0.167. The van der Waals surface area contributed by atoms with E-state index in [0.29, 0.717) is 0 Å². The smallest absolute Gasteiger partial charge is 0.543 e. The molecule has 0 aliphatic carbocycles. The molecule has 5 nitrogen and oxygen atoms in total. The summed E-state index contributed by atoms with van der Waals surface area (Å²) in [6, 6.07) is 0. The molecule has 6 heteroatoms. The monoisotopic (exact) mass is 161 g/mol. The Morgan fingerprint density at radius 2 is 1.12 bits per heavy atom. The second kappa shape index (κ2) is 6.42. The van der Waals surface area contributed by atoms with Gasteiger partial charge in [0.25, 0.3) is 0 Å². The van der Waals surface area contributed by atoms with E-state index in [1.54, 1.807) is 0 Å². The summed E-state index contributed by atoms with van der Waals surface area (Å²) in [5.41, 5.74) is 0. The van der Waals surface area contributed by atoms with Crippen molar-refractivity contribution in [2.75, 3.05) is 0 Å². The van der Waals surface area contributed by atoms with Gasteiger partial charge in [-0.15, -0.1) is 0 Å². The summed E-state index contributed by atoms with van der Waals surface area (Å²) in [6.45, 7) is 0. The Bertz CT molecular complexity index is 80.0. The SMILES string of the molecule is O=C([O-])C(=O)[O-].[Mn+2].[NH4+]. The molecule has 1 radical (unpaired) electrons. The van der Waals surface area contributed by atoms with Crippen molar-refractivity contribution < 1.29 is 36.9 Å². The molecule has 8 heavy (non-hydrogen) atoms. The fourth-order valence-corrected chi connectivity index (χ4v) is 0. The van der Waals surface area contributed by atoms with E-state index in [1.807, 2.05) is 0 Å². The molecule has 0 saturated heterocycles. The second-order valence-electron chi connectivity index (χ2n) is 0.575. The minimum atomic E-state index is -2.19. The summed E-state index contributed by atoms with van der Waals surface area (Å²) in [5.74, 6) is -4.37. The van der Waals surface area contributed by atoms with E-state index < -0.39 is 11.9 Å². The van der Waals surface area contributed by atoms with Crippen LogP contribution in [0.2, 0.25) is 0 Å². The van der Waals surface area contributed by atoms with Crippen LogP contribution < -0.4 is 16.4 Å². The number of hydrogen-bond donors (Lipinski definition) is 1. The van der Waals surface area contributed by atoms with Gasteiger partial charge in [0.2, 0.25) is 0 Å². The van der Waals surface area contributed by atoms with E-state index in [0.717, 1.165) is 0 Å². The number of aliphatic carboxylic acids is 2. The average molecular weight is 161 g/mol. The number of carboxylic acids is 2. The predicted octanol–water partition coefficient (Wildman–Crippen LogP) is -3.14. The molecule has 0 rings (SSSR count). The molecule has 0 unspecified atom stereocenters. The second-order valence-corrected chi connectivity index (χ2v) is 0.575. The van der Waals surface area contributed by atoms with Crippen molar-refractivity contribution in [3.05, 3.63) is 0 Å². The first-order valence-electron chi connectivity index (χ1n) is 1.07. The van der Waals surface area contributed by atoms with Crippen LogP contribution in [0.3, 0.4) is 0 Å². The normalized spacial score (nSPS) is 5.50. The number of carboxylic acid groups (broad SMARTS) is 2. The zero-order chi connectivity index (χ0) is 5.15. The summed E-state index contributed by atoms with van der Waals surface area (Å²) < 4.78 is 0. The van der Waals surface area contributed by atoms with Gasteiger partial charge in [0, 0.05) is 0 Å². The van der Waals surface area contributed by atoms with Crippen LogP contribution in [0.1, 0.15) is 0 Å². The molecule has 0 bridgehead atoms. The first-order valence-corrected chi connectivity index (χ1v) is 1.07. The van der Waals surface area contributed by atoms with Gasteiger partial charge < -0.3 is 26.0 Å². The van der Waals surface area contributed by atoms with Crippen LogP contribution in [0.15, 0.2) is 0 Å². The van der Waals surface area contributed by atoms with Gasteiger partial charge in [-0.05, 0) is 0 Å². The third-order valence-corrected chi connectivity index (χ3v) is 0.167. The molecule has 47 valence electrons. The largest absolute Gasteiger partial charge is 2.00 e. The van der Waals surface area contributed by atoms with Crippen LogP contribution in [0, 0.1) is 0 Å². The zero-order valence-electron chi connectivity index (χ0n) is 4.01. The Morgan fingerprint density at radius 3 is 1.12 bits per heavy atom. The van der Waals surface area contributed by atoms with E-state index in [-0.39, 0.29) is 23.2 Å². The summed E-state index contributed by atoms with van der Waals surface area (Å²) in [7, 11) is 0. The van der Waals surface area contributed by atoms with Crippen LogP contribution in [0.4, 0.5) is 0 Å². The standard InChI is InChI=1S/C2H2O4.Mn.H3N/c3-1(4)2(5)6;;/h(H,3,4)(H,5,6);;1H3/q;+2;/p-1. The zero-order valence-corrected chi connectivity index (χ0v) is 5.19. The van der Waals surface area contributed by atoms with E-state index >= 15 is 0 Å². The minimum Gasteiger partial charge on any atom is -0.543 e. The van der Waals surface area contributed by atoms with E-state index in [4.69, 9.17) is 19.8 Å². The number of rotatable bonds is 0. The quantitative estimate of drug-likeness (QED) is 0.298. The molecule has 0 heterocycles. The Balaban J connectivity index is -0.000000125. The molecule has 0 fully saturated rings. The number of carbonyl (C=O) groups is 2. The maximum atomic E-state index is 8.93. The summed E-state index contributed by atoms with van der Waals surface area (Å²) in [5, 5.41) is 17.9. The molecule has 0 aromatic heterocycles. The molecular weight excluding hydrogens is 157 g/mol. The molecule has 0 saturated carbocycles. The Kier molecular flexibility index (Phi) is 12.6. The molecular formula is C2H4MnNO4+. The maximum Gasteiger partial charge on any atom is 2.00 e. The van der Waals surface area contributed by atoms with Crippen molar-refractivity contribution in [3.8, 4) is 0 Å². The van der Waals surface area contributed by atoms with Gasteiger partial charge in [0.1, 0.15) is 0 Å². The summed E-state index contributed by atoms with van der Waals surface area (Å²) in [4.78, 5) is 17.9. The van der Waals surface area contributed by atoms with Crippen LogP contribution in [0.5, 0.6) is 0 Å². The van der Waals surface area contributed by atoms with Gasteiger partial charge in [-0.3, -0.25) is 0 Å². The number of quaternary nitrogens is 1. The average Bonchev–Trinajstić information content (AvgIpc) is 1.36. The summed E-state index contributed by atoms with van der Waals surface area (Å²) in [6.07, 6.45) is 0.